The Kier molecular flexibility index (Phi) is 6.03. The number of likely N-dealkylation sites (tertiary alicyclic amines) is 1. The third-order valence-electron chi connectivity index (χ3n) is 4.75. The highest BCUT2D eigenvalue weighted by Crippen LogP contribution is 2.22. The van der Waals surface area contributed by atoms with Crippen LogP contribution in [0.3, 0.4) is 0 Å². The molecular formula is C19H23F3N4O. The third-order valence-corrected chi connectivity index (χ3v) is 4.75. The van der Waals surface area contributed by atoms with Crippen LogP contribution in [0.15, 0.2) is 42.7 Å². The molecule has 146 valence electrons. The van der Waals surface area contributed by atoms with Crippen LogP contribution in [0, 0.1) is 5.92 Å². The fraction of sp³-hybridized carbons (Fsp3) is 0.474. The zero-order chi connectivity index (χ0) is 19.3. The number of halogens is 3. The topological polar surface area (TPSA) is 50.2 Å². The zero-order valence-electron chi connectivity index (χ0n) is 15.0. The summed E-state index contributed by atoms with van der Waals surface area (Å²) in [7, 11) is 0. The van der Waals surface area contributed by atoms with Gasteiger partial charge in [0.1, 0.15) is 6.54 Å². The van der Waals surface area contributed by atoms with Crippen molar-refractivity contribution in [2.24, 2.45) is 5.92 Å². The number of nitrogens with one attached hydrogen (secondary N) is 1. The van der Waals surface area contributed by atoms with Gasteiger partial charge in [-0.1, -0.05) is 30.3 Å². The number of carbonyl (C=O) groups excluding carboxylic acids is 1. The summed E-state index contributed by atoms with van der Waals surface area (Å²) in [6.07, 6.45) is 1.19. The lowest BCUT2D eigenvalue weighted by Gasteiger charge is -2.32. The van der Waals surface area contributed by atoms with Crippen molar-refractivity contribution < 1.29 is 18.0 Å². The fourth-order valence-corrected chi connectivity index (χ4v) is 3.35. The molecule has 2 aromatic rings. The molecule has 5 nitrogen and oxygen atoms in total. The van der Waals surface area contributed by atoms with E-state index in [1.54, 1.807) is 0 Å². The van der Waals surface area contributed by atoms with Crippen LogP contribution in [0.1, 0.15) is 18.4 Å². The predicted octanol–water partition coefficient (Wildman–Crippen LogP) is 3.34. The van der Waals surface area contributed by atoms with Crippen molar-refractivity contribution in [1.82, 2.24) is 14.7 Å². The Morgan fingerprint density at radius 1 is 1.19 bits per heavy atom. The van der Waals surface area contributed by atoms with Crippen molar-refractivity contribution in [1.29, 1.82) is 0 Å². The molecule has 27 heavy (non-hydrogen) atoms. The van der Waals surface area contributed by atoms with Crippen molar-refractivity contribution >= 4 is 11.6 Å². The lowest BCUT2D eigenvalue weighted by Crippen LogP contribution is -2.41. The second-order valence-corrected chi connectivity index (χ2v) is 6.91. The minimum absolute atomic E-state index is 0.0447. The Morgan fingerprint density at radius 2 is 1.89 bits per heavy atom. The molecule has 0 unspecified atom stereocenters. The monoisotopic (exact) mass is 380 g/mol. The van der Waals surface area contributed by atoms with E-state index in [1.165, 1.54) is 18.0 Å². The number of amides is 1. The first-order valence-corrected chi connectivity index (χ1v) is 9.04. The number of nitrogens with zero attached hydrogens (tertiary/aromatic N) is 3. The Morgan fingerprint density at radius 3 is 2.56 bits per heavy atom. The Balaban J connectivity index is 1.41. The number of hydrogen-bond donors (Lipinski definition) is 1. The third kappa shape index (κ3) is 6.01. The Labute approximate surface area is 156 Å². The molecular weight excluding hydrogens is 357 g/mol. The van der Waals surface area contributed by atoms with Gasteiger partial charge in [-0.2, -0.15) is 18.3 Å². The van der Waals surface area contributed by atoms with Gasteiger partial charge in [-0.15, -0.1) is 0 Å². The normalized spacial score (nSPS) is 15.7. The molecule has 0 atom stereocenters. The molecule has 1 N–H and O–H groups in total. The molecule has 1 aliphatic rings. The predicted molar refractivity (Wildman–Crippen MR) is 96.2 cm³/mol. The summed E-state index contributed by atoms with van der Waals surface area (Å²) in [6.45, 7) is 0.343. The number of aromatic nitrogens is 2. The van der Waals surface area contributed by atoms with Crippen LogP contribution >= 0.6 is 0 Å². The number of benzene rings is 1. The summed E-state index contributed by atoms with van der Waals surface area (Å²) in [5, 5.41) is 6.51. The summed E-state index contributed by atoms with van der Waals surface area (Å²) in [6, 6.07) is 10.3. The minimum Gasteiger partial charge on any atom is -0.374 e. The van der Waals surface area contributed by atoms with Crippen LogP contribution in [-0.2, 0) is 17.8 Å². The average molecular weight is 380 g/mol. The quantitative estimate of drug-likeness (QED) is 0.836. The van der Waals surface area contributed by atoms with Gasteiger partial charge in [0.2, 0.25) is 5.91 Å². The molecule has 1 aliphatic heterocycles. The Hall–Kier alpha value is -2.51. The summed E-state index contributed by atoms with van der Waals surface area (Å²) < 4.78 is 37.8. The molecule has 0 saturated carbocycles. The second-order valence-electron chi connectivity index (χ2n) is 6.91. The zero-order valence-corrected chi connectivity index (χ0v) is 15.0. The summed E-state index contributed by atoms with van der Waals surface area (Å²) in [5.74, 6) is 0.529. The van der Waals surface area contributed by atoms with Crippen LogP contribution in [0.4, 0.5) is 18.9 Å². The lowest BCUT2D eigenvalue weighted by molar-refractivity contribution is -0.142. The van der Waals surface area contributed by atoms with Gasteiger partial charge in [0, 0.05) is 19.3 Å². The molecule has 1 fully saturated rings. The van der Waals surface area contributed by atoms with E-state index < -0.39 is 12.7 Å². The van der Waals surface area contributed by atoms with Crippen LogP contribution in [0.2, 0.25) is 0 Å². The van der Waals surface area contributed by atoms with Crippen LogP contribution < -0.4 is 5.32 Å². The van der Waals surface area contributed by atoms with E-state index in [4.69, 9.17) is 0 Å². The number of hydrogen-bond acceptors (Lipinski definition) is 3. The maximum Gasteiger partial charge on any atom is 0.408 e. The number of alkyl halides is 3. The van der Waals surface area contributed by atoms with Gasteiger partial charge in [0.05, 0.1) is 18.4 Å². The SMILES string of the molecule is O=C(CNc1cnn(CC(F)(F)F)c1)N1CCC(Cc2ccccc2)CC1. The Bertz CT molecular complexity index is 737. The van der Waals surface area contributed by atoms with Gasteiger partial charge in [0.15, 0.2) is 0 Å². The number of carbonyl (C=O) groups is 1. The summed E-state index contributed by atoms with van der Waals surface area (Å²) in [4.78, 5) is 14.1. The van der Waals surface area contributed by atoms with Crippen LogP contribution in [0.25, 0.3) is 0 Å². The molecule has 0 aliphatic carbocycles. The van der Waals surface area contributed by atoms with Crippen LogP contribution in [-0.4, -0.2) is 46.4 Å². The van der Waals surface area contributed by atoms with Crippen molar-refractivity contribution in [2.75, 3.05) is 25.0 Å². The average Bonchev–Trinajstić information content (AvgIpc) is 3.06. The number of anilines is 1. The standard InChI is InChI=1S/C19H23F3N4O/c20-19(21,22)14-26-13-17(11-24-26)23-12-18(27)25-8-6-16(7-9-25)10-15-4-2-1-3-5-15/h1-5,11,13,16,23H,6-10,12,14H2. The van der Waals surface area contributed by atoms with E-state index in [0.717, 1.165) is 23.9 Å². The molecule has 1 aromatic carbocycles. The van der Waals surface area contributed by atoms with Crippen LogP contribution in [0.5, 0.6) is 0 Å². The molecule has 0 spiro atoms. The first-order chi connectivity index (χ1) is 12.9. The maximum absolute atomic E-state index is 12.3. The van der Waals surface area contributed by atoms with Gasteiger partial charge in [-0.3, -0.25) is 9.48 Å². The van der Waals surface area contributed by atoms with E-state index >= 15 is 0 Å². The van der Waals surface area contributed by atoms with E-state index in [-0.39, 0.29) is 12.5 Å². The maximum atomic E-state index is 12.3. The van der Waals surface area contributed by atoms with Gasteiger partial charge in [-0.05, 0) is 30.7 Å². The molecule has 8 heteroatoms. The van der Waals surface area contributed by atoms with E-state index in [1.807, 2.05) is 23.1 Å². The lowest BCUT2D eigenvalue weighted by atomic mass is 9.90. The molecule has 0 radical (unpaired) electrons. The first kappa shape index (κ1) is 19.3. The van der Waals surface area contributed by atoms with Crippen molar-refractivity contribution in [3.8, 4) is 0 Å². The summed E-state index contributed by atoms with van der Waals surface area (Å²) in [5.41, 5.74) is 1.73. The van der Waals surface area contributed by atoms with Gasteiger partial charge in [0.25, 0.3) is 0 Å². The number of piperidine rings is 1. The molecule has 1 saturated heterocycles. The van der Waals surface area contributed by atoms with Crippen molar-refractivity contribution in [2.45, 2.75) is 32.0 Å². The first-order valence-electron chi connectivity index (χ1n) is 9.04. The highest BCUT2D eigenvalue weighted by atomic mass is 19.4. The molecule has 1 aromatic heterocycles. The highest BCUT2D eigenvalue weighted by Gasteiger charge is 2.28. The largest absolute Gasteiger partial charge is 0.408 e. The number of rotatable bonds is 6. The smallest absolute Gasteiger partial charge is 0.374 e. The molecule has 3 rings (SSSR count). The van der Waals surface area contributed by atoms with E-state index in [0.29, 0.717) is 24.7 Å². The van der Waals surface area contributed by atoms with E-state index in [2.05, 4.69) is 22.5 Å². The van der Waals surface area contributed by atoms with Crippen molar-refractivity contribution in [3.63, 3.8) is 0 Å². The fourth-order valence-electron chi connectivity index (χ4n) is 3.35. The van der Waals surface area contributed by atoms with Gasteiger partial charge in [-0.25, -0.2) is 0 Å². The minimum atomic E-state index is -4.32. The second kappa shape index (κ2) is 8.45. The molecule has 0 bridgehead atoms. The molecule has 1 amide bonds. The van der Waals surface area contributed by atoms with E-state index in [9.17, 15) is 18.0 Å². The summed E-state index contributed by atoms with van der Waals surface area (Å²) >= 11 is 0. The van der Waals surface area contributed by atoms with Gasteiger partial charge < -0.3 is 10.2 Å². The van der Waals surface area contributed by atoms with Gasteiger partial charge >= 0.3 is 6.18 Å². The highest BCUT2D eigenvalue weighted by molar-refractivity contribution is 5.80. The van der Waals surface area contributed by atoms with Crippen molar-refractivity contribution in [3.05, 3.63) is 48.3 Å². The molecule has 2 heterocycles.